The van der Waals surface area contributed by atoms with Crippen molar-refractivity contribution >= 4 is 27.6 Å². The van der Waals surface area contributed by atoms with Crippen LogP contribution in [0.3, 0.4) is 0 Å². The van der Waals surface area contributed by atoms with Crippen LogP contribution in [0.2, 0.25) is 0 Å². The Morgan fingerprint density at radius 3 is 2.88 bits per heavy atom. The van der Waals surface area contributed by atoms with Crippen molar-refractivity contribution in [1.82, 2.24) is 14.4 Å². The van der Waals surface area contributed by atoms with Crippen LogP contribution in [-0.4, -0.2) is 14.4 Å². The Bertz CT molecular complexity index is 846. The molecule has 4 rings (SSSR count). The lowest BCUT2D eigenvalue weighted by Gasteiger charge is -1.99. The number of imidazole rings is 1. The number of hydrogen-bond acceptors (Lipinski definition) is 2. The van der Waals surface area contributed by atoms with Gasteiger partial charge in [-0.25, -0.2) is 4.98 Å². The molecule has 80 valence electrons. The summed E-state index contributed by atoms with van der Waals surface area (Å²) in [6, 6.07) is 14.2. The molecule has 1 aromatic carbocycles. The molecule has 0 spiro atoms. The van der Waals surface area contributed by atoms with Gasteiger partial charge >= 0.3 is 0 Å². The minimum atomic E-state index is 0.921. The van der Waals surface area contributed by atoms with Crippen LogP contribution in [0.15, 0.2) is 54.9 Å². The van der Waals surface area contributed by atoms with Gasteiger partial charge in [-0.15, -0.1) is 0 Å². The van der Waals surface area contributed by atoms with Gasteiger partial charge < -0.3 is 0 Å². The summed E-state index contributed by atoms with van der Waals surface area (Å²) < 4.78 is 2.09. The zero-order chi connectivity index (χ0) is 11.2. The first-order valence-electron chi connectivity index (χ1n) is 5.54. The number of fused-ring (bicyclic) bond motifs is 5. The largest absolute Gasteiger partial charge is 0.298 e. The van der Waals surface area contributed by atoms with Gasteiger partial charge in [0.2, 0.25) is 0 Å². The Morgan fingerprint density at radius 1 is 0.941 bits per heavy atom. The second kappa shape index (κ2) is 3.04. The van der Waals surface area contributed by atoms with Gasteiger partial charge in [0.05, 0.1) is 11.0 Å². The predicted octanol–water partition coefficient (Wildman–Crippen LogP) is 3.04. The third-order valence-corrected chi connectivity index (χ3v) is 3.05. The van der Waals surface area contributed by atoms with Gasteiger partial charge in [-0.3, -0.25) is 9.38 Å². The van der Waals surface area contributed by atoms with E-state index in [1.165, 1.54) is 0 Å². The highest BCUT2D eigenvalue weighted by molar-refractivity contribution is 5.95. The second-order valence-corrected chi connectivity index (χ2v) is 4.05. The van der Waals surface area contributed by atoms with E-state index in [1.54, 1.807) is 0 Å². The molecule has 0 fully saturated rings. The molecule has 0 N–H and O–H groups in total. The van der Waals surface area contributed by atoms with Crippen molar-refractivity contribution in [1.29, 1.82) is 0 Å². The number of aromatic nitrogens is 3. The van der Waals surface area contributed by atoms with Crippen LogP contribution in [0.1, 0.15) is 0 Å². The predicted molar refractivity (Wildman–Crippen MR) is 68.0 cm³/mol. The van der Waals surface area contributed by atoms with E-state index in [-0.39, 0.29) is 0 Å². The first-order valence-corrected chi connectivity index (χ1v) is 5.54. The third kappa shape index (κ3) is 1.11. The highest BCUT2D eigenvalue weighted by Crippen LogP contribution is 2.21. The minimum absolute atomic E-state index is 0.921. The Hall–Kier alpha value is -2.42. The maximum absolute atomic E-state index is 4.64. The van der Waals surface area contributed by atoms with E-state index < -0.39 is 0 Å². The highest BCUT2D eigenvalue weighted by atomic mass is 15.0. The summed E-state index contributed by atoms with van der Waals surface area (Å²) in [5, 5.41) is 1.12. The fraction of sp³-hybridized carbons (Fsp3) is 0. The molecule has 0 atom stereocenters. The Morgan fingerprint density at radius 2 is 1.88 bits per heavy atom. The Balaban J connectivity index is 2.34. The first-order chi connectivity index (χ1) is 8.43. The maximum atomic E-state index is 4.64. The smallest absolute Gasteiger partial charge is 0.164 e. The number of nitrogens with zero attached hydrogens (tertiary/aromatic N) is 3. The summed E-state index contributed by atoms with van der Waals surface area (Å²) >= 11 is 0. The molecular weight excluding hydrogens is 210 g/mol. The van der Waals surface area contributed by atoms with Crippen LogP contribution in [0.4, 0.5) is 0 Å². The molecule has 3 heteroatoms. The molecule has 3 aromatic heterocycles. The van der Waals surface area contributed by atoms with Gasteiger partial charge in [0.15, 0.2) is 5.65 Å². The lowest BCUT2D eigenvalue weighted by atomic mass is 10.2. The van der Waals surface area contributed by atoms with Crippen molar-refractivity contribution in [2.24, 2.45) is 0 Å². The van der Waals surface area contributed by atoms with Gasteiger partial charge in [0, 0.05) is 17.8 Å². The quantitative estimate of drug-likeness (QED) is 0.455. The molecule has 0 aliphatic rings. The molecule has 3 nitrogen and oxygen atoms in total. The van der Waals surface area contributed by atoms with Gasteiger partial charge in [0.25, 0.3) is 0 Å². The van der Waals surface area contributed by atoms with E-state index >= 15 is 0 Å². The lowest BCUT2D eigenvalue weighted by Crippen LogP contribution is -1.87. The molecule has 0 aliphatic heterocycles. The highest BCUT2D eigenvalue weighted by Gasteiger charge is 2.07. The maximum Gasteiger partial charge on any atom is 0.164 e. The van der Waals surface area contributed by atoms with Crippen LogP contribution in [0, 0.1) is 0 Å². The SMILES string of the molecule is c1cnc2c(c1)ccn1c3ccccc3nc21. The zero-order valence-electron chi connectivity index (χ0n) is 9.04. The van der Waals surface area contributed by atoms with Gasteiger partial charge in [0.1, 0.15) is 5.52 Å². The van der Waals surface area contributed by atoms with Crippen LogP contribution >= 0.6 is 0 Å². The molecule has 17 heavy (non-hydrogen) atoms. The molecule has 4 aromatic rings. The summed E-state index contributed by atoms with van der Waals surface area (Å²) in [6.07, 6.45) is 3.86. The fourth-order valence-electron chi connectivity index (χ4n) is 2.26. The summed E-state index contributed by atoms with van der Waals surface area (Å²) in [5.74, 6) is 0. The monoisotopic (exact) mass is 219 g/mol. The normalized spacial score (nSPS) is 11.5. The van der Waals surface area contributed by atoms with Gasteiger partial charge in [-0.1, -0.05) is 18.2 Å². The van der Waals surface area contributed by atoms with E-state index in [1.807, 2.05) is 30.5 Å². The number of rotatable bonds is 0. The Kier molecular flexibility index (Phi) is 1.56. The molecule has 0 saturated carbocycles. The van der Waals surface area contributed by atoms with Crippen molar-refractivity contribution in [2.75, 3.05) is 0 Å². The zero-order valence-corrected chi connectivity index (χ0v) is 9.04. The summed E-state index contributed by atoms with van der Waals surface area (Å²) in [5.41, 5.74) is 4.00. The van der Waals surface area contributed by atoms with Crippen LogP contribution in [-0.2, 0) is 0 Å². The lowest BCUT2D eigenvalue weighted by molar-refractivity contribution is 1.23. The second-order valence-electron chi connectivity index (χ2n) is 4.05. The van der Waals surface area contributed by atoms with E-state index in [9.17, 15) is 0 Å². The van der Waals surface area contributed by atoms with E-state index in [0.717, 1.165) is 27.6 Å². The topological polar surface area (TPSA) is 30.2 Å². The van der Waals surface area contributed by atoms with Crippen molar-refractivity contribution < 1.29 is 0 Å². The van der Waals surface area contributed by atoms with Crippen LogP contribution in [0.25, 0.3) is 27.6 Å². The van der Waals surface area contributed by atoms with Gasteiger partial charge in [-0.2, -0.15) is 0 Å². The average Bonchev–Trinajstić information content (AvgIpc) is 2.78. The molecule has 0 aliphatic carbocycles. The van der Waals surface area contributed by atoms with Crippen LogP contribution in [0.5, 0.6) is 0 Å². The van der Waals surface area contributed by atoms with Gasteiger partial charge in [-0.05, 0) is 24.3 Å². The molecular formula is C14H9N3. The minimum Gasteiger partial charge on any atom is -0.298 e. The standard InChI is InChI=1S/C14H9N3/c1-2-6-12-11(5-1)16-14-13-10(4-3-8-15-13)7-9-17(12)14/h1-9H. The van der Waals surface area contributed by atoms with E-state index in [4.69, 9.17) is 0 Å². The van der Waals surface area contributed by atoms with E-state index in [0.29, 0.717) is 0 Å². The Labute approximate surface area is 97.4 Å². The van der Waals surface area contributed by atoms with Crippen molar-refractivity contribution in [3.05, 3.63) is 54.9 Å². The fourth-order valence-corrected chi connectivity index (χ4v) is 2.26. The number of para-hydroxylation sites is 2. The molecule has 0 saturated heterocycles. The van der Waals surface area contributed by atoms with Crippen molar-refractivity contribution in [3.63, 3.8) is 0 Å². The molecule has 0 unspecified atom stereocenters. The third-order valence-electron chi connectivity index (χ3n) is 3.05. The number of pyridine rings is 2. The number of hydrogen-bond donors (Lipinski definition) is 0. The summed E-state index contributed by atoms with van der Waals surface area (Å²) in [6.45, 7) is 0. The molecule has 3 heterocycles. The molecule has 0 radical (unpaired) electrons. The van der Waals surface area contributed by atoms with E-state index in [2.05, 4.69) is 38.8 Å². The van der Waals surface area contributed by atoms with Crippen molar-refractivity contribution in [2.45, 2.75) is 0 Å². The van der Waals surface area contributed by atoms with Crippen LogP contribution < -0.4 is 0 Å². The summed E-state index contributed by atoms with van der Waals surface area (Å²) in [7, 11) is 0. The summed E-state index contributed by atoms with van der Waals surface area (Å²) in [4.78, 5) is 9.07. The molecule has 0 amide bonds. The first kappa shape index (κ1) is 8.70. The van der Waals surface area contributed by atoms with Crippen molar-refractivity contribution in [3.8, 4) is 0 Å². The number of benzene rings is 1. The average molecular weight is 219 g/mol. The molecule has 0 bridgehead atoms.